The summed E-state index contributed by atoms with van der Waals surface area (Å²) in [5.74, 6) is -0.670. The Hall–Kier alpha value is -1.26. The second kappa shape index (κ2) is 5.59. The maximum absolute atomic E-state index is 11.0. The summed E-state index contributed by atoms with van der Waals surface area (Å²) >= 11 is 5.84. The molecule has 5 heteroatoms. The summed E-state index contributed by atoms with van der Waals surface area (Å²) in [4.78, 5) is 13.2. The second-order valence-electron chi connectivity index (χ2n) is 4.51. The summed E-state index contributed by atoms with van der Waals surface area (Å²) in [5.41, 5.74) is 0.147. The molecule has 1 aromatic rings. The van der Waals surface area contributed by atoms with Crippen molar-refractivity contribution in [3.63, 3.8) is 0 Å². The van der Waals surface area contributed by atoms with Gasteiger partial charge in [-0.15, -0.1) is 0 Å². The van der Waals surface area contributed by atoms with Crippen molar-refractivity contribution < 1.29 is 14.6 Å². The topological polar surface area (TPSA) is 49.8 Å². The molecule has 1 aliphatic rings. The number of halogens is 1. The van der Waals surface area contributed by atoms with E-state index in [1.165, 1.54) is 18.9 Å². The van der Waals surface area contributed by atoms with E-state index in [-0.39, 0.29) is 5.56 Å². The minimum atomic E-state index is -1.00. The van der Waals surface area contributed by atoms with Crippen LogP contribution in [0, 0.1) is 0 Å². The Morgan fingerprint density at radius 3 is 2.89 bits per heavy atom. The van der Waals surface area contributed by atoms with Crippen molar-refractivity contribution in [1.29, 1.82) is 0 Å². The third-order valence-electron chi connectivity index (χ3n) is 3.05. The van der Waals surface area contributed by atoms with Crippen molar-refractivity contribution >= 4 is 17.6 Å². The summed E-state index contributed by atoms with van der Waals surface area (Å²) in [5, 5.41) is 9.51. The van der Waals surface area contributed by atoms with E-state index in [1.807, 2.05) is 0 Å². The summed E-state index contributed by atoms with van der Waals surface area (Å²) in [6.07, 6.45) is 2.49. The van der Waals surface area contributed by atoms with E-state index in [0.29, 0.717) is 23.4 Å². The van der Waals surface area contributed by atoms with Gasteiger partial charge < -0.3 is 14.7 Å². The summed E-state index contributed by atoms with van der Waals surface area (Å²) in [6, 6.07) is 5.23. The van der Waals surface area contributed by atoms with Crippen LogP contribution in [0.3, 0.4) is 0 Å². The Morgan fingerprint density at radius 2 is 2.28 bits per heavy atom. The van der Waals surface area contributed by atoms with Gasteiger partial charge in [-0.05, 0) is 38.1 Å². The van der Waals surface area contributed by atoms with Crippen LogP contribution in [0.2, 0.25) is 5.02 Å². The number of nitrogens with zero attached hydrogens (tertiary/aromatic N) is 1. The van der Waals surface area contributed by atoms with Crippen molar-refractivity contribution in [2.24, 2.45) is 0 Å². The summed E-state index contributed by atoms with van der Waals surface area (Å²) in [7, 11) is 2.05. The number of rotatable bonds is 6. The standard InChI is InChI=1S/C13H16ClNO3/c1-15(10-3-4-10)6-7-18-12-8-9(14)2-5-11(12)13(16)17/h2,5,8,10H,3-4,6-7H2,1H3,(H,16,17). The largest absolute Gasteiger partial charge is 0.491 e. The van der Waals surface area contributed by atoms with Crippen LogP contribution in [-0.4, -0.2) is 42.2 Å². The fraction of sp³-hybridized carbons (Fsp3) is 0.462. The van der Waals surface area contributed by atoms with Gasteiger partial charge in [0.05, 0.1) is 0 Å². The molecule has 0 aliphatic heterocycles. The SMILES string of the molecule is CN(CCOc1cc(Cl)ccc1C(=O)O)C1CC1. The van der Waals surface area contributed by atoms with Crippen LogP contribution in [0.25, 0.3) is 0 Å². The number of benzene rings is 1. The molecule has 18 heavy (non-hydrogen) atoms. The zero-order valence-corrected chi connectivity index (χ0v) is 11.0. The number of carboxylic acid groups (broad SMARTS) is 1. The van der Waals surface area contributed by atoms with Crippen LogP contribution in [0.4, 0.5) is 0 Å². The van der Waals surface area contributed by atoms with E-state index in [1.54, 1.807) is 12.1 Å². The molecule has 0 aromatic heterocycles. The van der Waals surface area contributed by atoms with Gasteiger partial charge in [0.2, 0.25) is 0 Å². The molecule has 98 valence electrons. The lowest BCUT2D eigenvalue weighted by Gasteiger charge is -2.16. The molecule has 0 unspecified atom stereocenters. The van der Waals surface area contributed by atoms with E-state index in [4.69, 9.17) is 21.4 Å². The van der Waals surface area contributed by atoms with Gasteiger partial charge in [0.25, 0.3) is 0 Å². The highest BCUT2D eigenvalue weighted by Crippen LogP contribution is 2.26. The molecule has 0 amide bonds. The van der Waals surface area contributed by atoms with Crippen molar-refractivity contribution in [3.8, 4) is 5.75 Å². The Morgan fingerprint density at radius 1 is 1.56 bits per heavy atom. The quantitative estimate of drug-likeness (QED) is 0.862. The first-order valence-corrected chi connectivity index (χ1v) is 6.31. The van der Waals surface area contributed by atoms with E-state index in [2.05, 4.69) is 11.9 Å². The molecule has 0 spiro atoms. The van der Waals surface area contributed by atoms with E-state index < -0.39 is 5.97 Å². The number of carbonyl (C=O) groups is 1. The first kappa shape index (κ1) is 13.2. The number of carboxylic acids is 1. The van der Waals surface area contributed by atoms with Gasteiger partial charge in [0, 0.05) is 17.6 Å². The fourth-order valence-corrected chi connectivity index (χ4v) is 1.95. The zero-order valence-electron chi connectivity index (χ0n) is 10.2. The van der Waals surface area contributed by atoms with E-state index in [0.717, 1.165) is 6.54 Å². The van der Waals surface area contributed by atoms with E-state index in [9.17, 15) is 4.79 Å². The van der Waals surface area contributed by atoms with Crippen molar-refractivity contribution in [2.45, 2.75) is 18.9 Å². The van der Waals surface area contributed by atoms with Gasteiger partial charge in [0.15, 0.2) is 0 Å². The third kappa shape index (κ3) is 3.37. The molecule has 1 N–H and O–H groups in total. The predicted octanol–water partition coefficient (Wildman–Crippen LogP) is 2.51. The molecule has 1 aliphatic carbocycles. The average Bonchev–Trinajstić information content (AvgIpc) is 3.12. The molecule has 1 saturated carbocycles. The Bertz CT molecular complexity index is 446. The summed E-state index contributed by atoms with van der Waals surface area (Å²) in [6.45, 7) is 1.25. The lowest BCUT2D eigenvalue weighted by atomic mass is 10.2. The van der Waals surface area contributed by atoms with Crippen LogP contribution in [0.1, 0.15) is 23.2 Å². The smallest absolute Gasteiger partial charge is 0.339 e. The third-order valence-corrected chi connectivity index (χ3v) is 3.28. The minimum Gasteiger partial charge on any atom is -0.491 e. The van der Waals surface area contributed by atoms with Crippen LogP contribution in [-0.2, 0) is 0 Å². The molecule has 0 atom stereocenters. The maximum atomic E-state index is 11.0. The van der Waals surface area contributed by atoms with Crippen molar-refractivity contribution in [2.75, 3.05) is 20.2 Å². The molecule has 4 nitrogen and oxygen atoms in total. The molecule has 2 rings (SSSR count). The highest BCUT2D eigenvalue weighted by Gasteiger charge is 2.25. The zero-order chi connectivity index (χ0) is 13.1. The van der Waals surface area contributed by atoms with Gasteiger partial charge >= 0.3 is 5.97 Å². The lowest BCUT2D eigenvalue weighted by molar-refractivity contribution is 0.0691. The Labute approximate surface area is 111 Å². The Kier molecular flexibility index (Phi) is 4.09. The molecule has 0 radical (unpaired) electrons. The number of likely N-dealkylation sites (N-methyl/N-ethyl adjacent to an activating group) is 1. The molecule has 0 bridgehead atoms. The molecule has 0 saturated heterocycles. The molecule has 1 fully saturated rings. The highest BCUT2D eigenvalue weighted by atomic mass is 35.5. The first-order valence-electron chi connectivity index (χ1n) is 5.94. The van der Waals surface area contributed by atoms with E-state index >= 15 is 0 Å². The molecular weight excluding hydrogens is 254 g/mol. The fourth-order valence-electron chi connectivity index (χ4n) is 1.79. The second-order valence-corrected chi connectivity index (χ2v) is 4.94. The number of hydrogen-bond acceptors (Lipinski definition) is 3. The lowest BCUT2D eigenvalue weighted by Crippen LogP contribution is -2.26. The average molecular weight is 270 g/mol. The van der Waals surface area contributed by atoms with Crippen molar-refractivity contribution in [1.82, 2.24) is 4.90 Å². The highest BCUT2D eigenvalue weighted by molar-refractivity contribution is 6.30. The maximum Gasteiger partial charge on any atom is 0.339 e. The Balaban J connectivity index is 1.94. The number of aromatic carboxylic acids is 1. The van der Waals surface area contributed by atoms with Crippen molar-refractivity contribution in [3.05, 3.63) is 28.8 Å². The van der Waals surface area contributed by atoms with Gasteiger partial charge in [-0.3, -0.25) is 0 Å². The molecular formula is C13H16ClNO3. The monoisotopic (exact) mass is 269 g/mol. The van der Waals surface area contributed by atoms with Crippen LogP contribution < -0.4 is 4.74 Å². The first-order chi connectivity index (χ1) is 8.58. The normalized spacial score (nSPS) is 14.8. The summed E-state index contributed by atoms with van der Waals surface area (Å²) < 4.78 is 5.52. The van der Waals surface area contributed by atoms with Gasteiger partial charge in [0.1, 0.15) is 17.9 Å². The van der Waals surface area contributed by atoms with Crippen LogP contribution >= 0.6 is 11.6 Å². The van der Waals surface area contributed by atoms with Crippen LogP contribution in [0.15, 0.2) is 18.2 Å². The number of hydrogen-bond donors (Lipinski definition) is 1. The molecule has 0 heterocycles. The van der Waals surface area contributed by atoms with Crippen LogP contribution in [0.5, 0.6) is 5.75 Å². The molecule has 1 aromatic carbocycles. The van der Waals surface area contributed by atoms with Gasteiger partial charge in [-0.25, -0.2) is 4.79 Å². The minimum absolute atomic E-state index is 0.147. The van der Waals surface area contributed by atoms with Gasteiger partial charge in [-0.2, -0.15) is 0 Å². The number of ether oxygens (including phenoxy) is 1. The predicted molar refractivity (Wildman–Crippen MR) is 69.6 cm³/mol. The van der Waals surface area contributed by atoms with Gasteiger partial charge in [-0.1, -0.05) is 11.6 Å².